The molecule has 0 radical (unpaired) electrons. The van der Waals surface area contributed by atoms with Crippen LogP contribution in [0.2, 0.25) is 0 Å². The standard InChI is InChI=1S/C25H27F6N3O4/c26-24(27,28)16-6-4-15(5-7-16)23(37)32-13-19-21(22(36)20(14-35)38-19)34-10-8-33(9-11-34)18-3-1-2-17(12-18)25(29,30)31/h1-7,12,19-22,35-36H,8-11,13-14H2,(H,32,37)/t19-,20+,21+,22-/m1/s1. The molecule has 208 valence electrons. The van der Waals surface area contributed by atoms with Gasteiger partial charge in [0.05, 0.1) is 29.9 Å². The smallest absolute Gasteiger partial charge is 0.394 e. The van der Waals surface area contributed by atoms with Gasteiger partial charge in [-0.05, 0) is 42.5 Å². The molecule has 1 amide bonds. The van der Waals surface area contributed by atoms with Crippen LogP contribution in [0.4, 0.5) is 32.0 Å². The Morgan fingerprint density at radius 2 is 1.55 bits per heavy atom. The summed E-state index contributed by atoms with van der Waals surface area (Å²) in [4.78, 5) is 16.2. The Kier molecular flexibility index (Phi) is 8.21. The van der Waals surface area contributed by atoms with E-state index in [2.05, 4.69) is 5.32 Å². The molecule has 2 heterocycles. The summed E-state index contributed by atoms with van der Waals surface area (Å²) in [6, 6.07) is 8.14. The molecule has 2 aromatic carbocycles. The van der Waals surface area contributed by atoms with Crippen LogP contribution in [-0.2, 0) is 17.1 Å². The highest BCUT2D eigenvalue weighted by molar-refractivity contribution is 5.94. The van der Waals surface area contributed by atoms with Crippen molar-refractivity contribution in [3.8, 4) is 0 Å². The molecule has 0 spiro atoms. The van der Waals surface area contributed by atoms with Gasteiger partial charge in [-0.1, -0.05) is 6.07 Å². The van der Waals surface area contributed by atoms with Gasteiger partial charge in [0.15, 0.2) is 0 Å². The molecule has 7 nitrogen and oxygen atoms in total. The first-order chi connectivity index (χ1) is 17.9. The van der Waals surface area contributed by atoms with Crippen LogP contribution in [0.25, 0.3) is 0 Å². The van der Waals surface area contributed by atoms with Crippen LogP contribution in [0.15, 0.2) is 48.5 Å². The molecule has 4 atom stereocenters. The fourth-order valence-corrected chi connectivity index (χ4v) is 4.86. The van der Waals surface area contributed by atoms with Crippen molar-refractivity contribution in [1.29, 1.82) is 0 Å². The molecule has 0 bridgehead atoms. The third-order valence-electron chi connectivity index (χ3n) is 6.85. The molecule has 2 aliphatic heterocycles. The highest BCUT2D eigenvalue weighted by Crippen LogP contribution is 2.33. The Labute approximate surface area is 214 Å². The van der Waals surface area contributed by atoms with E-state index in [-0.39, 0.29) is 12.1 Å². The van der Waals surface area contributed by atoms with Crippen LogP contribution < -0.4 is 10.2 Å². The Morgan fingerprint density at radius 3 is 2.13 bits per heavy atom. The van der Waals surface area contributed by atoms with Gasteiger partial charge in [0.25, 0.3) is 5.91 Å². The second-order valence-corrected chi connectivity index (χ2v) is 9.23. The topological polar surface area (TPSA) is 85.3 Å². The number of amides is 1. The summed E-state index contributed by atoms with van der Waals surface area (Å²) in [5, 5.41) is 23.0. The summed E-state index contributed by atoms with van der Waals surface area (Å²) in [5.74, 6) is -0.627. The number of aliphatic hydroxyl groups excluding tert-OH is 2. The van der Waals surface area contributed by atoms with Gasteiger partial charge in [-0.15, -0.1) is 0 Å². The van der Waals surface area contributed by atoms with E-state index in [4.69, 9.17) is 4.74 Å². The number of ether oxygens (including phenoxy) is 1. The monoisotopic (exact) mass is 547 g/mol. The number of nitrogens with one attached hydrogen (secondary N) is 1. The summed E-state index contributed by atoms with van der Waals surface area (Å²) in [7, 11) is 0. The number of hydrogen-bond donors (Lipinski definition) is 3. The number of benzene rings is 2. The predicted octanol–water partition coefficient (Wildman–Crippen LogP) is 2.77. The van der Waals surface area contributed by atoms with Crippen LogP contribution in [0, 0.1) is 0 Å². The van der Waals surface area contributed by atoms with Crippen molar-refractivity contribution in [3.63, 3.8) is 0 Å². The summed E-state index contributed by atoms with van der Waals surface area (Å²) in [5.41, 5.74) is -1.18. The first-order valence-corrected chi connectivity index (χ1v) is 11.9. The number of halogens is 6. The average molecular weight is 547 g/mol. The van der Waals surface area contributed by atoms with Crippen molar-refractivity contribution in [1.82, 2.24) is 10.2 Å². The molecule has 38 heavy (non-hydrogen) atoms. The quantitative estimate of drug-likeness (QED) is 0.483. The number of carbonyl (C=O) groups excluding carboxylic acids is 1. The lowest BCUT2D eigenvalue weighted by atomic mass is 10.0. The summed E-state index contributed by atoms with van der Waals surface area (Å²) >= 11 is 0. The summed E-state index contributed by atoms with van der Waals surface area (Å²) in [6.45, 7) is 0.959. The van der Waals surface area contributed by atoms with Crippen molar-refractivity contribution in [3.05, 3.63) is 65.2 Å². The SMILES string of the molecule is O=C(NC[C@H]1O[C@@H](CO)[C@@H](O)[C@H]1N1CCN(c2cccc(C(F)(F)F)c2)CC1)c1ccc(C(F)(F)F)cc1. The van der Waals surface area contributed by atoms with Gasteiger partial charge in [0.1, 0.15) is 12.2 Å². The highest BCUT2D eigenvalue weighted by Gasteiger charge is 2.47. The molecule has 2 saturated heterocycles. The Bertz CT molecular complexity index is 1100. The molecule has 0 saturated carbocycles. The maximum absolute atomic E-state index is 13.1. The third kappa shape index (κ3) is 6.22. The number of nitrogens with zero attached hydrogens (tertiary/aromatic N) is 2. The van der Waals surface area contributed by atoms with Crippen molar-refractivity contribution >= 4 is 11.6 Å². The van der Waals surface area contributed by atoms with Gasteiger partial charge in [-0.25, -0.2) is 0 Å². The van der Waals surface area contributed by atoms with E-state index in [1.807, 2.05) is 4.90 Å². The molecule has 0 aromatic heterocycles. The number of rotatable bonds is 6. The molecule has 13 heteroatoms. The van der Waals surface area contributed by atoms with E-state index >= 15 is 0 Å². The number of carbonyl (C=O) groups is 1. The van der Waals surface area contributed by atoms with Crippen LogP contribution in [0.5, 0.6) is 0 Å². The van der Waals surface area contributed by atoms with Crippen LogP contribution >= 0.6 is 0 Å². The van der Waals surface area contributed by atoms with Gasteiger partial charge in [-0.2, -0.15) is 26.3 Å². The van der Waals surface area contributed by atoms with Gasteiger partial charge in [0.2, 0.25) is 0 Å². The maximum atomic E-state index is 13.1. The van der Waals surface area contributed by atoms with Gasteiger partial charge < -0.3 is 25.2 Å². The molecule has 2 aliphatic rings. The van der Waals surface area contributed by atoms with Gasteiger partial charge >= 0.3 is 12.4 Å². The lowest BCUT2D eigenvalue weighted by molar-refractivity contribution is -0.138. The molecular weight excluding hydrogens is 520 g/mol. The minimum absolute atomic E-state index is 0.0153. The van der Waals surface area contributed by atoms with Crippen molar-refractivity contribution in [2.75, 3.05) is 44.2 Å². The molecule has 2 fully saturated rings. The van der Waals surface area contributed by atoms with Crippen molar-refractivity contribution < 1.29 is 46.1 Å². The normalized spacial score (nSPS) is 25.0. The van der Waals surface area contributed by atoms with Crippen molar-refractivity contribution in [2.45, 2.75) is 36.7 Å². The molecule has 4 rings (SSSR count). The average Bonchev–Trinajstić information content (AvgIpc) is 3.21. The molecule has 2 aromatic rings. The predicted molar refractivity (Wildman–Crippen MR) is 125 cm³/mol. The minimum atomic E-state index is -4.53. The van der Waals surface area contributed by atoms with Crippen LogP contribution in [-0.4, -0.2) is 84.7 Å². The molecular formula is C25H27F6N3O4. The van der Waals surface area contributed by atoms with E-state index < -0.39 is 60.3 Å². The maximum Gasteiger partial charge on any atom is 0.416 e. The Balaban J connectivity index is 1.39. The van der Waals surface area contributed by atoms with E-state index in [9.17, 15) is 41.4 Å². The highest BCUT2D eigenvalue weighted by atomic mass is 19.4. The summed E-state index contributed by atoms with van der Waals surface area (Å²) < 4.78 is 83.4. The molecule has 0 aliphatic carbocycles. The number of aliphatic hydroxyl groups is 2. The van der Waals surface area contributed by atoms with E-state index in [1.54, 1.807) is 11.0 Å². The fourth-order valence-electron chi connectivity index (χ4n) is 4.86. The molecule has 0 unspecified atom stereocenters. The number of anilines is 1. The lowest BCUT2D eigenvalue weighted by Crippen LogP contribution is -2.57. The zero-order valence-corrected chi connectivity index (χ0v) is 20.0. The van der Waals surface area contributed by atoms with E-state index in [0.717, 1.165) is 36.4 Å². The first-order valence-electron chi connectivity index (χ1n) is 11.9. The third-order valence-corrected chi connectivity index (χ3v) is 6.85. The number of piperazine rings is 1. The lowest BCUT2D eigenvalue weighted by Gasteiger charge is -2.41. The van der Waals surface area contributed by atoms with Crippen molar-refractivity contribution in [2.24, 2.45) is 0 Å². The van der Waals surface area contributed by atoms with E-state index in [0.29, 0.717) is 31.9 Å². The second kappa shape index (κ2) is 11.1. The van der Waals surface area contributed by atoms with Gasteiger partial charge in [0, 0.05) is 44.0 Å². The number of hydrogen-bond acceptors (Lipinski definition) is 6. The van der Waals surface area contributed by atoms with Gasteiger partial charge in [-0.3, -0.25) is 9.69 Å². The second-order valence-electron chi connectivity index (χ2n) is 9.23. The number of alkyl halides is 6. The fraction of sp³-hybridized carbons (Fsp3) is 0.480. The Hall–Kier alpha value is -2.87. The molecule has 3 N–H and O–H groups in total. The first kappa shape index (κ1) is 28.1. The Morgan fingerprint density at radius 1 is 0.921 bits per heavy atom. The largest absolute Gasteiger partial charge is 0.416 e. The zero-order valence-electron chi connectivity index (χ0n) is 20.0. The zero-order chi connectivity index (χ0) is 27.7. The minimum Gasteiger partial charge on any atom is -0.394 e. The van der Waals surface area contributed by atoms with E-state index in [1.165, 1.54) is 6.07 Å². The van der Waals surface area contributed by atoms with Crippen LogP contribution in [0.1, 0.15) is 21.5 Å². The van der Waals surface area contributed by atoms with Crippen LogP contribution in [0.3, 0.4) is 0 Å². The summed E-state index contributed by atoms with van der Waals surface area (Å²) in [6.07, 6.45) is -11.7.